The molecule has 3 aromatic carbocycles. The Bertz CT molecular complexity index is 939. The average molecular weight is 357 g/mol. The van der Waals surface area contributed by atoms with E-state index >= 15 is 0 Å². The Labute approximate surface area is 162 Å². The Balaban J connectivity index is 2.19. The molecule has 2 nitrogen and oxygen atoms in total. The molecule has 0 bridgehead atoms. The predicted molar refractivity (Wildman–Crippen MR) is 115 cm³/mol. The fourth-order valence-corrected chi connectivity index (χ4v) is 3.72. The fourth-order valence-electron chi connectivity index (χ4n) is 3.72. The number of amidine groups is 1. The summed E-state index contributed by atoms with van der Waals surface area (Å²) in [6.07, 6.45) is 0. The number of rotatable bonds is 5. The van der Waals surface area contributed by atoms with Crippen LogP contribution in [0.3, 0.4) is 0 Å². The van der Waals surface area contributed by atoms with E-state index in [1.165, 1.54) is 16.7 Å². The molecule has 2 heteroatoms. The van der Waals surface area contributed by atoms with E-state index in [4.69, 9.17) is 11.1 Å². The third-order valence-corrected chi connectivity index (χ3v) is 5.70. The monoisotopic (exact) mass is 356 g/mol. The van der Waals surface area contributed by atoms with Crippen LogP contribution < -0.4 is 5.73 Å². The fraction of sp³-hybridized carbons (Fsp3) is 0.240. The average Bonchev–Trinajstić information content (AvgIpc) is 2.68. The Morgan fingerprint density at radius 3 is 1.63 bits per heavy atom. The Kier molecular flexibility index (Phi) is 4.93. The van der Waals surface area contributed by atoms with Crippen molar-refractivity contribution in [2.45, 2.75) is 38.5 Å². The molecule has 0 aliphatic heterocycles. The molecule has 0 aromatic heterocycles. The van der Waals surface area contributed by atoms with Crippen molar-refractivity contribution in [3.8, 4) is 0 Å². The lowest BCUT2D eigenvalue weighted by Crippen LogP contribution is -2.27. The van der Waals surface area contributed by atoms with E-state index in [0.29, 0.717) is 0 Å². The van der Waals surface area contributed by atoms with Crippen LogP contribution in [-0.4, -0.2) is 5.84 Å². The first-order chi connectivity index (χ1) is 12.7. The number of hydrogen-bond donors (Lipinski definition) is 2. The summed E-state index contributed by atoms with van der Waals surface area (Å²) in [7, 11) is 0. The summed E-state index contributed by atoms with van der Waals surface area (Å²) >= 11 is 0. The molecule has 0 spiro atoms. The van der Waals surface area contributed by atoms with E-state index in [-0.39, 0.29) is 16.7 Å². The molecule has 0 saturated carbocycles. The van der Waals surface area contributed by atoms with Crippen molar-refractivity contribution in [1.82, 2.24) is 0 Å². The van der Waals surface area contributed by atoms with Gasteiger partial charge in [0.15, 0.2) is 0 Å². The van der Waals surface area contributed by atoms with Crippen LogP contribution >= 0.6 is 0 Å². The van der Waals surface area contributed by atoms with Gasteiger partial charge in [0, 0.05) is 16.4 Å². The summed E-state index contributed by atoms with van der Waals surface area (Å²) < 4.78 is 0. The van der Waals surface area contributed by atoms with Gasteiger partial charge in [0.25, 0.3) is 0 Å². The minimum absolute atomic E-state index is 0.109. The minimum atomic E-state index is -0.259. The molecular formula is C25H28N2. The highest BCUT2D eigenvalue weighted by atomic mass is 14.7. The highest BCUT2D eigenvalue weighted by molar-refractivity contribution is 5.97. The van der Waals surface area contributed by atoms with E-state index in [2.05, 4.69) is 88.4 Å². The summed E-state index contributed by atoms with van der Waals surface area (Å²) in [5.41, 5.74) is 11.1. The Hall–Kier alpha value is -2.87. The first-order valence-electron chi connectivity index (χ1n) is 9.35. The minimum Gasteiger partial charge on any atom is -0.384 e. The van der Waals surface area contributed by atoms with Gasteiger partial charge in [-0.05, 0) is 22.3 Å². The highest BCUT2D eigenvalue weighted by Gasteiger charge is 2.30. The van der Waals surface area contributed by atoms with Crippen LogP contribution in [0.15, 0.2) is 78.9 Å². The zero-order valence-corrected chi connectivity index (χ0v) is 16.6. The number of hydrogen-bond acceptors (Lipinski definition) is 1. The SMILES string of the molecule is CC(C)(c1ccccc1)c1ccc(C(=N)N)c(C(C)(C)c2ccccc2)c1. The third kappa shape index (κ3) is 3.52. The van der Waals surface area contributed by atoms with E-state index in [9.17, 15) is 0 Å². The van der Waals surface area contributed by atoms with Gasteiger partial charge < -0.3 is 5.73 Å². The molecule has 0 heterocycles. The molecular weight excluding hydrogens is 328 g/mol. The van der Waals surface area contributed by atoms with Crippen molar-refractivity contribution in [1.29, 1.82) is 5.41 Å². The molecule has 3 aromatic rings. The standard InChI is InChI=1S/C25H28N2/c1-24(2,18-11-7-5-8-12-18)20-15-16-21(23(26)27)22(17-20)25(3,4)19-13-9-6-10-14-19/h5-17H,1-4H3,(H3,26,27). The van der Waals surface area contributed by atoms with Crippen LogP contribution in [-0.2, 0) is 10.8 Å². The summed E-state index contributed by atoms with van der Waals surface area (Å²) in [6, 6.07) is 27.3. The smallest absolute Gasteiger partial charge is 0.123 e. The van der Waals surface area contributed by atoms with Crippen LogP contribution in [0.5, 0.6) is 0 Å². The first kappa shape index (κ1) is 18.9. The molecule has 0 aliphatic rings. The van der Waals surface area contributed by atoms with Crippen molar-refractivity contribution < 1.29 is 0 Å². The molecule has 3 N–H and O–H groups in total. The van der Waals surface area contributed by atoms with Crippen LogP contribution in [0.1, 0.15) is 55.5 Å². The molecule has 138 valence electrons. The van der Waals surface area contributed by atoms with Gasteiger partial charge in [-0.3, -0.25) is 5.41 Å². The molecule has 0 atom stereocenters. The van der Waals surface area contributed by atoms with Gasteiger partial charge in [-0.25, -0.2) is 0 Å². The van der Waals surface area contributed by atoms with E-state index in [0.717, 1.165) is 11.1 Å². The maximum Gasteiger partial charge on any atom is 0.123 e. The van der Waals surface area contributed by atoms with Gasteiger partial charge in [0.1, 0.15) is 5.84 Å². The summed E-state index contributed by atoms with van der Waals surface area (Å²) in [6.45, 7) is 8.88. The van der Waals surface area contributed by atoms with Crippen molar-refractivity contribution >= 4 is 5.84 Å². The zero-order chi connectivity index (χ0) is 19.7. The maximum absolute atomic E-state index is 8.09. The molecule has 0 radical (unpaired) electrons. The van der Waals surface area contributed by atoms with Crippen molar-refractivity contribution in [3.05, 3.63) is 107 Å². The Morgan fingerprint density at radius 1 is 0.667 bits per heavy atom. The first-order valence-corrected chi connectivity index (χ1v) is 9.35. The van der Waals surface area contributed by atoms with Gasteiger partial charge in [0.05, 0.1) is 0 Å². The van der Waals surface area contributed by atoms with Gasteiger partial charge in [0.2, 0.25) is 0 Å². The lowest BCUT2D eigenvalue weighted by Gasteiger charge is -2.32. The highest BCUT2D eigenvalue weighted by Crippen LogP contribution is 2.38. The van der Waals surface area contributed by atoms with Gasteiger partial charge in [-0.15, -0.1) is 0 Å². The molecule has 3 rings (SSSR count). The van der Waals surface area contributed by atoms with Gasteiger partial charge in [-0.2, -0.15) is 0 Å². The second-order valence-electron chi connectivity index (χ2n) is 8.16. The summed E-state index contributed by atoms with van der Waals surface area (Å²) in [4.78, 5) is 0. The number of nitrogens with one attached hydrogen (secondary N) is 1. The molecule has 0 saturated heterocycles. The Morgan fingerprint density at radius 2 is 1.15 bits per heavy atom. The summed E-state index contributed by atoms with van der Waals surface area (Å²) in [5.74, 6) is 0.109. The van der Waals surface area contributed by atoms with Crippen LogP contribution in [0.2, 0.25) is 0 Å². The second-order valence-corrected chi connectivity index (χ2v) is 8.16. The molecule has 0 amide bonds. The van der Waals surface area contributed by atoms with E-state index in [1.807, 2.05) is 18.2 Å². The lowest BCUT2D eigenvalue weighted by molar-refractivity contribution is 0.616. The third-order valence-electron chi connectivity index (χ3n) is 5.70. The van der Waals surface area contributed by atoms with Crippen LogP contribution in [0.4, 0.5) is 0 Å². The normalized spacial score (nSPS) is 12.0. The number of nitrogen functional groups attached to an aromatic ring is 1. The topological polar surface area (TPSA) is 49.9 Å². The molecule has 0 fully saturated rings. The number of benzene rings is 3. The van der Waals surface area contributed by atoms with E-state index in [1.54, 1.807) is 0 Å². The molecule has 0 unspecified atom stereocenters. The van der Waals surface area contributed by atoms with Crippen molar-refractivity contribution in [2.24, 2.45) is 5.73 Å². The van der Waals surface area contributed by atoms with Crippen LogP contribution in [0.25, 0.3) is 0 Å². The van der Waals surface area contributed by atoms with E-state index < -0.39 is 0 Å². The van der Waals surface area contributed by atoms with Gasteiger partial charge >= 0.3 is 0 Å². The lowest BCUT2D eigenvalue weighted by atomic mass is 9.71. The maximum atomic E-state index is 8.09. The zero-order valence-electron chi connectivity index (χ0n) is 16.6. The predicted octanol–water partition coefficient (Wildman–Crippen LogP) is 5.62. The van der Waals surface area contributed by atoms with Crippen molar-refractivity contribution in [3.63, 3.8) is 0 Å². The summed E-state index contributed by atoms with van der Waals surface area (Å²) in [5, 5.41) is 8.09. The second kappa shape index (κ2) is 7.03. The molecule has 0 aliphatic carbocycles. The quantitative estimate of drug-likeness (QED) is 0.452. The number of nitrogens with two attached hydrogens (primary N) is 1. The largest absolute Gasteiger partial charge is 0.384 e. The van der Waals surface area contributed by atoms with Crippen LogP contribution in [0, 0.1) is 5.41 Å². The molecule has 27 heavy (non-hydrogen) atoms. The van der Waals surface area contributed by atoms with Crippen molar-refractivity contribution in [2.75, 3.05) is 0 Å². The van der Waals surface area contributed by atoms with Gasteiger partial charge in [-0.1, -0.05) is 107 Å².